The van der Waals surface area contributed by atoms with E-state index in [-0.39, 0.29) is 0 Å². The summed E-state index contributed by atoms with van der Waals surface area (Å²) in [5.41, 5.74) is 4.40. The summed E-state index contributed by atoms with van der Waals surface area (Å²) in [6.45, 7) is 0. The van der Waals surface area contributed by atoms with Gasteiger partial charge >= 0.3 is 0 Å². The van der Waals surface area contributed by atoms with Gasteiger partial charge in [0.1, 0.15) is 0 Å². The zero-order valence-electron chi connectivity index (χ0n) is 11.4. The molecule has 0 spiro atoms. The average Bonchev–Trinajstić information content (AvgIpc) is 2.56. The van der Waals surface area contributed by atoms with Gasteiger partial charge in [0.05, 0.1) is 5.69 Å². The standard InChI is InChI=1S/C19H14BrN/c20-18-14-21-19(16-9-5-2-6-10-16)13-17(18)12-11-15-7-3-1-4-8-15/h1-14H/b12-11+. The molecule has 0 fully saturated rings. The van der Waals surface area contributed by atoms with Gasteiger partial charge in [0.15, 0.2) is 0 Å². The van der Waals surface area contributed by atoms with Gasteiger partial charge < -0.3 is 0 Å². The highest BCUT2D eigenvalue weighted by molar-refractivity contribution is 9.10. The number of benzene rings is 2. The van der Waals surface area contributed by atoms with Crippen molar-refractivity contribution in [3.8, 4) is 11.3 Å². The first-order valence-corrected chi connectivity index (χ1v) is 7.56. The maximum absolute atomic E-state index is 4.48. The molecule has 0 saturated heterocycles. The number of nitrogens with zero attached hydrogens (tertiary/aromatic N) is 1. The summed E-state index contributed by atoms with van der Waals surface area (Å²) >= 11 is 3.56. The van der Waals surface area contributed by atoms with Gasteiger partial charge in [-0.15, -0.1) is 0 Å². The van der Waals surface area contributed by atoms with E-state index < -0.39 is 0 Å². The van der Waals surface area contributed by atoms with Crippen LogP contribution in [-0.2, 0) is 0 Å². The molecule has 3 aromatic rings. The normalized spacial score (nSPS) is 10.9. The van der Waals surface area contributed by atoms with Gasteiger partial charge in [0, 0.05) is 16.2 Å². The van der Waals surface area contributed by atoms with Crippen molar-refractivity contribution in [1.82, 2.24) is 4.98 Å². The van der Waals surface area contributed by atoms with Gasteiger partial charge in [-0.25, -0.2) is 0 Å². The Kier molecular flexibility index (Phi) is 4.27. The van der Waals surface area contributed by atoms with Gasteiger partial charge in [-0.2, -0.15) is 0 Å². The van der Waals surface area contributed by atoms with Gasteiger partial charge in [-0.1, -0.05) is 72.8 Å². The smallest absolute Gasteiger partial charge is 0.0708 e. The lowest BCUT2D eigenvalue weighted by atomic mass is 10.1. The number of rotatable bonds is 3. The van der Waals surface area contributed by atoms with Gasteiger partial charge in [-0.3, -0.25) is 4.98 Å². The molecule has 2 aromatic carbocycles. The van der Waals surface area contributed by atoms with Crippen molar-refractivity contribution in [1.29, 1.82) is 0 Å². The van der Waals surface area contributed by atoms with Crippen molar-refractivity contribution in [3.63, 3.8) is 0 Å². The summed E-state index contributed by atoms with van der Waals surface area (Å²) in [6.07, 6.45) is 6.06. The highest BCUT2D eigenvalue weighted by Crippen LogP contribution is 2.24. The van der Waals surface area contributed by atoms with E-state index in [0.717, 1.165) is 21.3 Å². The van der Waals surface area contributed by atoms with E-state index in [9.17, 15) is 0 Å². The van der Waals surface area contributed by atoms with Crippen molar-refractivity contribution in [2.24, 2.45) is 0 Å². The van der Waals surface area contributed by atoms with Crippen LogP contribution in [0.4, 0.5) is 0 Å². The molecule has 0 radical (unpaired) electrons. The van der Waals surface area contributed by atoms with Crippen LogP contribution in [0.15, 0.2) is 77.4 Å². The largest absolute Gasteiger partial charge is 0.255 e. The third-order valence-electron chi connectivity index (χ3n) is 3.21. The average molecular weight is 336 g/mol. The summed E-state index contributed by atoms with van der Waals surface area (Å²) in [6, 6.07) is 22.6. The molecule has 0 N–H and O–H groups in total. The molecule has 21 heavy (non-hydrogen) atoms. The molecular formula is C19H14BrN. The molecule has 102 valence electrons. The zero-order chi connectivity index (χ0) is 14.5. The van der Waals surface area contributed by atoms with E-state index in [1.54, 1.807) is 0 Å². The molecule has 2 heteroatoms. The van der Waals surface area contributed by atoms with Gasteiger partial charge in [-0.05, 0) is 33.1 Å². The monoisotopic (exact) mass is 335 g/mol. The summed E-state index contributed by atoms with van der Waals surface area (Å²) in [5.74, 6) is 0. The first-order valence-electron chi connectivity index (χ1n) is 6.77. The molecule has 0 unspecified atom stereocenters. The number of hydrogen-bond acceptors (Lipinski definition) is 1. The molecule has 0 atom stereocenters. The van der Waals surface area contributed by atoms with Crippen molar-refractivity contribution < 1.29 is 0 Å². The fraction of sp³-hybridized carbons (Fsp3) is 0. The molecule has 1 aromatic heterocycles. The minimum Gasteiger partial charge on any atom is -0.255 e. The summed E-state index contributed by atoms with van der Waals surface area (Å²) in [4.78, 5) is 4.48. The molecule has 1 nitrogen and oxygen atoms in total. The van der Waals surface area contributed by atoms with Crippen LogP contribution in [0.2, 0.25) is 0 Å². The van der Waals surface area contributed by atoms with E-state index in [1.165, 1.54) is 5.56 Å². The summed E-state index contributed by atoms with van der Waals surface area (Å²) in [5, 5.41) is 0. The van der Waals surface area contributed by atoms with Crippen LogP contribution >= 0.6 is 15.9 Å². The number of pyridine rings is 1. The Hall–Kier alpha value is -2.19. The molecule has 0 bridgehead atoms. The predicted molar refractivity (Wildman–Crippen MR) is 92.7 cm³/mol. The Balaban J connectivity index is 1.94. The zero-order valence-corrected chi connectivity index (χ0v) is 13.0. The van der Waals surface area contributed by atoms with E-state index in [1.807, 2.05) is 42.6 Å². The second kappa shape index (κ2) is 6.51. The molecule has 1 heterocycles. The maximum Gasteiger partial charge on any atom is 0.0708 e. The Labute approximate surface area is 133 Å². The highest BCUT2D eigenvalue weighted by Gasteiger charge is 2.02. The molecular weight excluding hydrogens is 322 g/mol. The quantitative estimate of drug-likeness (QED) is 0.599. The predicted octanol–water partition coefficient (Wildman–Crippen LogP) is 5.68. The van der Waals surface area contributed by atoms with Gasteiger partial charge in [0.25, 0.3) is 0 Å². The fourth-order valence-corrected chi connectivity index (χ4v) is 2.45. The van der Waals surface area contributed by atoms with Crippen LogP contribution in [0.25, 0.3) is 23.4 Å². The van der Waals surface area contributed by atoms with Crippen molar-refractivity contribution in [3.05, 3.63) is 88.5 Å². The van der Waals surface area contributed by atoms with Crippen LogP contribution in [0, 0.1) is 0 Å². The second-order valence-electron chi connectivity index (χ2n) is 4.70. The second-order valence-corrected chi connectivity index (χ2v) is 5.56. The molecule has 0 aliphatic heterocycles. The number of aromatic nitrogens is 1. The van der Waals surface area contributed by atoms with E-state index in [2.05, 4.69) is 63.4 Å². The summed E-state index contributed by atoms with van der Waals surface area (Å²) < 4.78 is 0.995. The summed E-state index contributed by atoms with van der Waals surface area (Å²) in [7, 11) is 0. The van der Waals surface area contributed by atoms with Crippen LogP contribution < -0.4 is 0 Å². The Morgan fingerprint density at radius 3 is 2.19 bits per heavy atom. The SMILES string of the molecule is Brc1cnc(-c2ccccc2)cc1/C=C/c1ccccc1. The van der Waals surface area contributed by atoms with Crippen LogP contribution in [0.1, 0.15) is 11.1 Å². The van der Waals surface area contributed by atoms with Crippen LogP contribution in [0.3, 0.4) is 0 Å². The molecule has 0 aliphatic carbocycles. The minimum absolute atomic E-state index is 0.978. The number of hydrogen-bond donors (Lipinski definition) is 0. The van der Waals surface area contributed by atoms with Gasteiger partial charge in [0.2, 0.25) is 0 Å². The third-order valence-corrected chi connectivity index (χ3v) is 3.87. The fourth-order valence-electron chi connectivity index (χ4n) is 2.10. The van der Waals surface area contributed by atoms with E-state index in [0.29, 0.717) is 0 Å². The van der Waals surface area contributed by atoms with E-state index in [4.69, 9.17) is 0 Å². The highest BCUT2D eigenvalue weighted by atomic mass is 79.9. The first-order chi connectivity index (χ1) is 10.3. The Bertz CT molecular complexity index is 749. The topological polar surface area (TPSA) is 12.9 Å². The third kappa shape index (κ3) is 3.47. The lowest BCUT2D eigenvalue weighted by molar-refractivity contribution is 1.30. The lowest BCUT2D eigenvalue weighted by Crippen LogP contribution is -1.86. The van der Waals surface area contributed by atoms with Crippen molar-refractivity contribution >= 4 is 28.1 Å². The maximum atomic E-state index is 4.48. The molecule has 3 rings (SSSR count). The minimum atomic E-state index is 0.978. The molecule has 0 saturated carbocycles. The number of halogens is 1. The Morgan fingerprint density at radius 2 is 1.48 bits per heavy atom. The molecule has 0 amide bonds. The van der Waals surface area contributed by atoms with Crippen LogP contribution in [0.5, 0.6) is 0 Å². The lowest BCUT2D eigenvalue weighted by Gasteiger charge is -2.04. The Morgan fingerprint density at radius 1 is 0.810 bits per heavy atom. The van der Waals surface area contributed by atoms with Crippen LogP contribution in [-0.4, -0.2) is 4.98 Å². The van der Waals surface area contributed by atoms with E-state index >= 15 is 0 Å². The first kappa shape index (κ1) is 13.8. The molecule has 0 aliphatic rings. The van der Waals surface area contributed by atoms with Crippen molar-refractivity contribution in [2.45, 2.75) is 0 Å². The van der Waals surface area contributed by atoms with Crippen molar-refractivity contribution in [2.75, 3.05) is 0 Å².